The Morgan fingerprint density at radius 2 is 1.53 bits per heavy atom. The van der Waals surface area contributed by atoms with Gasteiger partial charge in [-0.1, -0.05) is 78.9 Å². The summed E-state index contributed by atoms with van der Waals surface area (Å²) >= 11 is 0. The van der Waals surface area contributed by atoms with Crippen molar-refractivity contribution in [2.24, 2.45) is 0 Å². The lowest BCUT2D eigenvalue weighted by molar-refractivity contribution is -0.122. The first-order valence-corrected chi connectivity index (χ1v) is 10.3. The number of H-pyrrole nitrogens is 1. The van der Waals surface area contributed by atoms with Crippen molar-refractivity contribution in [3.8, 4) is 11.3 Å². The molecule has 1 amide bonds. The second kappa shape index (κ2) is 8.97. The van der Waals surface area contributed by atoms with Gasteiger partial charge in [-0.25, -0.2) is 0 Å². The molecule has 0 bridgehead atoms. The highest BCUT2D eigenvalue weighted by atomic mass is 16.2. The fourth-order valence-electron chi connectivity index (χ4n) is 4.03. The molecule has 1 aromatic heterocycles. The van der Waals surface area contributed by atoms with Crippen LogP contribution in [0.25, 0.3) is 22.2 Å². The molecule has 3 N–H and O–H groups in total. The summed E-state index contributed by atoms with van der Waals surface area (Å²) < 4.78 is 0. The fourth-order valence-corrected chi connectivity index (χ4v) is 4.03. The molecule has 0 spiro atoms. The summed E-state index contributed by atoms with van der Waals surface area (Å²) in [4.78, 5) is 15.7. The molecular weight excluding hydrogens is 370 g/mol. The molecule has 0 aliphatic rings. The molecule has 1 heterocycles. The summed E-state index contributed by atoms with van der Waals surface area (Å²) in [7, 11) is 1.67. The fraction of sp³-hybridized carbons (Fsp3) is 0.192. The summed E-state index contributed by atoms with van der Waals surface area (Å²) in [5.74, 6) is 0.0775. The third kappa shape index (κ3) is 4.00. The maximum atomic E-state index is 12.1. The zero-order valence-electron chi connectivity index (χ0n) is 17.4. The van der Waals surface area contributed by atoms with E-state index >= 15 is 0 Å². The number of hydrogen-bond donors (Lipinski definition) is 3. The van der Waals surface area contributed by atoms with E-state index in [1.165, 1.54) is 16.5 Å². The van der Waals surface area contributed by atoms with Gasteiger partial charge in [-0.2, -0.15) is 0 Å². The molecule has 30 heavy (non-hydrogen) atoms. The van der Waals surface area contributed by atoms with Crippen molar-refractivity contribution >= 4 is 16.8 Å². The quantitative estimate of drug-likeness (QED) is 0.424. The Kier molecular flexibility index (Phi) is 5.96. The maximum absolute atomic E-state index is 12.1. The number of amides is 1. The van der Waals surface area contributed by atoms with Crippen LogP contribution >= 0.6 is 0 Å². The van der Waals surface area contributed by atoms with Crippen molar-refractivity contribution in [1.82, 2.24) is 15.6 Å². The number of rotatable bonds is 7. The molecule has 0 aliphatic heterocycles. The lowest BCUT2D eigenvalue weighted by Gasteiger charge is -2.22. The van der Waals surface area contributed by atoms with Crippen molar-refractivity contribution in [3.05, 3.63) is 96.1 Å². The average molecular weight is 398 g/mol. The lowest BCUT2D eigenvalue weighted by Crippen LogP contribution is -2.42. The van der Waals surface area contributed by atoms with E-state index in [0.717, 1.165) is 16.8 Å². The molecule has 2 atom stereocenters. The summed E-state index contributed by atoms with van der Waals surface area (Å²) in [6, 6.07) is 29.1. The molecule has 0 saturated heterocycles. The van der Waals surface area contributed by atoms with Crippen LogP contribution in [0.2, 0.25) is 0 Å². The van der Waals surface area contributed by atoms with Gasteiger partial charge in [-0.15, -0.1) is 0 Å². The van der Waals surface area contributed by atoms with E-state index in [4.69, 9.17) is 0 Å². The zero-order chi connectivity index (χ0) is 20.9. The van der Waals surface area contributed by atoms with Gasteiger partial charge in [0, 0.05) is 30.4 Å². The van der Waals surface area contributed by atoms with Gasteiger partial charge >= 0.3 is 0 Å². The van der Waals surface area contributed by atoms with Gasteiger partial charge in [0.25, 0.3) is 0 Å². The number of likely N-dealkylation sites (N-methyl/N-ethyl adjacent to an activating group) is 1. The van der Waals surface area contributed by atoms with Crippen LogP contribution in [0.4, 0.5) is 0 Å². The smallest absolute Gasteiger partial charge is 0.236 e. The highest BCUT2D eigenvalue weighted by Crippen LogP contribution is 2.38. The van der Waals surface area contributed by atoms with Crippen LogP contribution in [0.15, 0.2) is 84.9 Å². The number of nitrogens with one attached hydrogen (secondary N) is 3. The summed E-state index contributed by atoms with van der Waals surface area (Å²) in [6.07, 6.45) is 0. The third-order valence-corrected chi connectivity index (χ3v) is 5.63. The molecule has 4 heteroatoms. The summed E-state index contributed by atoms with van der Waals surface area (Å²) in [5.41, 5.74) is 5.87. The molecule has 0 saturated carbocycles. The van der Waals surface area contributed by atoms with Gasteiger partial charge < -0.3 is 15.6 Å². The maximum Gasteiger partial charge on any atom is 0.236 e. The Balaban J connectivity index is 1.85. The number of para-hydroxylation sites is 1. The zero-order valence-corrected chi connectivity index (χ0v) is 17.4. The topological polar surface area (TPSA) is 56.9 Å². The second-order valence-corrected chi connectivity index (χ2v) is 7.53. The Morgan fingerprint density at radius 1 is 0.900 bits per heavy atom. The normalized spacial score (nSPS) is 13.1. The predicted octanol–water partition coefficient (Wildman–Crippen LogP) is 4.69. The van der Waals surface area contributed by atoms with Crippen LogP contribution < -0.4 is 10.6 Å². The molecule has 0 aliphatic carbocycles. The standard InChI is InChI=1S/C26H27N3O/c1-18(26(30)27-2)28-17-22(19-11-5-3-6-12-19)24-21-15-9-10-16-23(21)29-25(24)20-13-7-4-8-14-20/h3-16,18,22,28-29H,17H2,1-2H3,(H,27,30)/t18-,22+/m0/s1. The largest absolute Gasteiger partial charge is 0.358 e. The first-order chi connectivity index (χ1) is 14.7. The minimum atomic E-state index is -0.272. The van der Waals surface area contributed by atoms with E-state index in [1.807, 2.05) is 19.1 Å². The number of aromatic nitrogens is 1. The molecule has 4 nitrogen and oxygen atoms in total. The highest BCUT2D eigenvalue weighted by Gasteiger charge is 2.24. The Morgan fingerprint density at radius 3 is 2.23 bits per heavy atom. The van der Waals surface area contributed by atoms with Gasteiger partial charge in [0.05, 0.1) is 11.7 Å². The third-order valence-electron chi connectivity index (χ3n) is 5.63. The first kappa shape index (κ1) is 19.9. The summed E-state index contributed by atoms with van der Waals surface area (Å²) in [5, 5.41) is 7.37. The van der Waals surface area contributed by atoms with Crippen molar-refractivity contribution in [2.45, 2.75) is 18.9 Å². The minimum Gasteiger partial charge on any atom is -0.358 e. The Labute approximate surface area is 177 Å². The number of fused-ring (bicyclic) bond motifs is 1. The molecule has 0 unspecified atom stereocenters. The second-order valence-electron chi connectivity index (χ2n) is 7.53. The molecule has 4 aromatic rings. The van der Waals surface area contributed by atoms with Gasteiger partial charge in [0.2, 0.25) is 5.91 Å². The van der Waals surface area contributed by atoms with Gasteiger partial charge in [0.15, 0.2) is 0 Å². The van der Waals surface area contributed by atoms with Crippen molar-refractivity contribution in [1.29, 1.82) is 0 Å². The van der Waals surface area contributed by atoms with Crippen LogP contribution in [0.5, 0.6) is 0 Å². The lowest BCUT2D eigenvalue weighted by atomic mass is 9.87. The van der Waals surface area contributed by atoms with E-state index in [1.54, 1.807) is 7.05 Å². The van der Waals surface area contributed by atoms with Gasteiger partial charge in [-0.05, 0) is 29.7 Å². The number of carbonyl (C=O) groups is 1. The van der Waals surface area contributed by atoms with Crippen LogP contribution in [0.1, 0.15) is 24.0 Å². The molecular formula is C26H27N3O. The minimum absolute atomic E-state index is 0.0102. The Bertz CT molecular complexity index is 1120. The number of aromatic amines is 1. The van der Waals surface area contributed by atoms with Gasteiger partial charge in [-0.3, -0.25) is 4.79 Å². The van der Waals surface area contributed by atoms with Crippen LogP contribution in [0.3, 0.4) is 0 Å². The van der Waals surface area contributed by atoms with Crippen molar-refractivity contribution in [2.75, 3.05) is 13.6 Å². The summed E-state index contributed by atoms with van der Waals surface area (Å²) in [6.45, 7) is 2.55. The monoisotopic (exact) mass is 397 g/mol. The van der Waals surface area contributed by atoms with Crippen molar-refractivity contribution < 1.29 is 4.79 Å². The molecule has 0 fully saturated rings. The molecule has 152 valence electrons. The average Bonchev–Trinajstić information content (AvgIpc) is 3.19. The molecule has 4 rings (SSSR count). The van der Waals surface area contributed by atoms with Crippen LogP contribution in [-0.2, 0) is 4.79 Å². The first-order valence-electron chi connectivity index (χ1n) is 10.3. The van der Waals surface area contributed by atoms with E-state index in [9.17, 15) is 4.79 Å². The molecule has 0 radical (unpaired) electrons. The number of benzene rings is 3. The predicted molar refractivity (Wildman–Crippen MR) is 124 cm³/mol. The number of carbonyl (C=O) groups excluding carboxylic acids is 1. The SMILES string of the molecule is CNC(=O)[C@H](C)NC[C@H](c1ccccc1)c1c(-c2ccccc2)[nH]c2ccccc12. The van der Waals surface area contributed by atoms with E-state index in [2.05, 4.69) is 88.4 Å². The van der Waals surface area contributed by atoms with Gasteiger partial charge in [0.1, 0.15) is 0 Å². The Hall–Kier alpha value is -3.37. The van der Waals surface area contributed by atoms with Crippen LogP contribution in [0, 0.1) is 0 Å². The van der Waals surface area contributed by atoms with Crippen molar-refractivity contribution in [3.63, 3.8) is 0 Å². The molecule has 3 aromatic carbocycles. The number of hydrogen-bond acceptors (Lipinski definition) is 2. The van der Waals surface area contributed by atoms with E-state index in [-0.39, 0.29) is 17.9 Å². The van der Waals surface area contributed by atoms with E-state index < -0.39 is 0 Å². The highest BCUT2D eigenvalue weighted by molar-refractivity contribution is 5.92. The van der Waals surface area contributed by atoms with E-state index in [0.29, 0.717) is 6.54 Å². The van der Waals surface area contributed by atoms with Crippen LogP contribution in [-0.4, -0.2) is 30.5 Å².